The highest BCUT2D eigenvalue weighted by atomic mass is 16.5. The summed E-state index contributed by atoms with van der Waals surface area (Å²) in [6.45, 7) is 2.44. The quantitative estimate of drug-likeness (QED) is 0.912. The molecule has 1 N–H and O–H groups in total. The maximum absolute atomic E-state index is 12.8. The molecule has 0 spiro atoms. The molecule has 6 heteroatoms. The Balaban J connectivity index is 1.53. The van der Waals surface area contributed by atoms with Gasteiger partial charge in [0.25, 0.3) is 5.91 Å². The second-order valence-corrected chi connectivity index (χ2v) is 6.31. The van der Waals surface area contributed by atoms with Crippen molar-refractivity contribution in [2.45, 2.75) is 25.0 Å². The van der Waals surface area contributed by atoms with Crippen LogP contribution >= 0.6 is 0 Å². The lowest BCUT2D eigenvalue weighted by Gasteiger charge is -2.35. The number of hydrogen-bond donors (Lipinski definition) is 1. The predicted molar refractivity (Wildman–Crippen MR) is 88.0 cm³/mol. The van der Waals surface area contributed by atoms with Crippen LogP contribution in [0.25, 0.3) is 10.9 Å². The second kappa shape index (κ2) is 6.37. The van der Waals surface area contributed by atoms with Crippen LogP contribution in [0.1, 0.15) is 23.2 Å². The van der Waals surface area contributed by atoms with Gasteiger partial charge in [-0.1, -0.05) is 0 Å². The van der Waals surface area contributed by atoms with Gasteiger partial charge in [-0.25, -0.2) is 0 Å². The number of phenols is 1. The third kappa shape index (κ3) is 2.95. The maximum atomic E-state index is 12.8. The molecule has 2 saturated heterocycles. The Morgan fingerprint density at radius 3 is 2.92 bits per heavy atom. The molecule has 1 aromatic heterocycles. The molecule has 126 valence electrons. The van der Waals surface area contributed by atoms with Crippen molar-refractivity contribution in [2.24, 2.45) is 0 Å². The number of amides is 1. The molecule has 1 aromatic carbocycles. The van der Waals surface area contributed by atoms with Crippen LogP contribution in [0.15, 0.2) is 30.5 Å². The SMILES string of the molecule is O=C(c1cnc2cc(O)ccc2c1)N1CCOC(C2CCCO2)C1. The van der Waals surface area contributed by atoms with Crippen molar-refractivity contribution in [3.05, 3.63) is 36.0 Å². The van der Waals surface area contributed by atoms with Crippen molar-refractivity contribution in [1.82, 2.24) is 9.88 Å². The molecule has 2 aliphatic rings. The van der Waals surface area contributed by atoms with E-state index in [0.717, 1.165) is 24.8 Å². The Labute approximate surface area is 140 Å². The summed E-state index contributed by atoms with van der Waals surface area (Å²) in [5, 5.41) is 10.3. The van der Waals surface area contributed by atoms with Gasteiger partial charge in [0.05, 0.1) is 23.8 Å². The average Bonchev–Trinajstić information content (AvgIpc) is 3.15. The van der Waals surface area contributed by atoms with Gasteiger partial charge in [0, 0.05) is 37.3 Å². The van der Waals surface area contributed by atoms with Crippen LogP contribution < -0.4 is 0 Å². The number of carbonyl (C=O) groups excluding carboxylic acids is 1. The zero-order valence-electron chi connectivity index (χ0n) is 13.4. The predicted octanol–water partition coefficient (Wildman–Crippen LogP) is 1.96. The number of nitrogens with zero attached hydrogens (tertiary/aromatic N) is 2. The third-order valence-electron chi connectivity index (χ3n) is 4.67. The molecule has 0 aliphatic carbocycles. The van der Waals surface area contributed by atoms with Crippen molar-refractivity contribution < 1.29 is 19.4 Å². The number of ether oxygens (including phenoxy) is 2. The summed E-state index contributed by atoms with van der Waals surface area (Å²) < 4.78 is 11.5. The van der Waals surface area contributed by atoms with Gasteiger partial charge in [-0.05, 0) is 31.0 Å². The molecule has 2 atom stereocenters. The Kier molecular flexibility index (Phi) is 4.08. The van der Waals surface area contributed by atoms with Crippen LogP contribution in [0, 0.1) is 0 Å². The van der Waals surface area contributed by atoms with Gasteiger partial charge in [0.1, 0.15) is 11.9 Å². The maximum Gasteiger partial charge on any atom is 0.255 e. The standard InChI is InChI=1S/C18H20N2O4/c21-14-4-3-12-8-13(10-19-15(12)9-14)18(22)20-5-7-24-17(11-20)16-2-1-6-23-16/h3-4,8-10,16-17,21H,1-2,5-7,11H2. The topological polar surface area (TPSA) is 71.9 Å². The van der Waals surface area contributed by atoms with Gasteiger partial charge in [-0.15, -0.1) is 0 Å². The van der Waals surface area contributed by atoms with E-state index in [4.69, 9.17) is 9.47 Å². The molecule has 0 saturated carbocycles. The first-order valence-electron chi connectivity index (χ1n) is 8.32. The monoisotopic (exact) mass is 328 g/mol. The van der Waals surface area contributed by atoms with Crippen molar-refractivity contribution >= 4 is 16.8 Å². The van der Waals surface area contributed by atoms with Crippen molar-refractivity contribution in [3.8, 4) is 5.75 Å². The molecule has 2 unspecified atom stereocenters. The van der Waals surface area contributed by atoms with Crippen LogP contribution in [-0.2, 0) is 9.47 Å². The fourth-order valence-corrected chi connectivity index (χ4v) is 3.39. The zero-order valence-corrected chi connectivity index (χ0v) is 13.4. The van der Waals surface area contributed by atoms with E-state index in [1.807, 2.05) is 11.0 Å². The van der Waals surface area contributed by atoms with Gasteiger partial charge < -0.3 is 19.5 Å². The van der Waals surface area contributed by atoms with Gasteiger partial charge in [-0.3, -0.25) is 9.78 Å². The van der Waals surface area contributed by atoms with Crippen LogP contribution in [0.2, 0.25) is 0 Å². The first-order valence-corrected chi connectivity index (χ1v) is 8.32. The number of aromatic hydroxyl groups is 1. The number of pyridine rings is 1. The van der Waals surface area contributed by atoms with Gasteiger partial charge in [0.15, 0.2) is 0 Å². The number of hydrogen-bond acceptors (Lipinski definition) is 5. The molecule has 2 aromatic rings. The van der Waals surface area contributed by atoms with E-state index in [9.17, 15) is 9.90 Å². The normalized spacial score (nSPS) is 24.4. The molecule has 24 heavy (non-hydrogen) atoms. The lowest BCUT2D eigenvalue weighted by atomic mass is 10.1. The highest BCUT2D eigenvalue weighted by Crippen LogP contribution is 2.23. The molecular formula is C18H20N2O4. The molecule has 4 rings (SSSR count). The van der Waals surface area contributed by atoms with E-state index in [2.05, 4.69) is 4.98 Å². The number of rotatable bonds is 2. The Morgan fingerprint density at radius 2 is 2.08 bits per heavy atom. The van der Waals surface area contributed by atoms with Gasteiger partial charge in [-0.2, -0.15) is 0 Å². The minimum atomic E-state index is -0.0458. The van der Waals surface area contributed by atoms with Crippen molar-refractivity contribution in [1.29, 1.82) is 0 Å². The lowest BCUT2D eigenvalue weighted by Crippen LogP contribution is -2.49. The molecule has 0 bridgehead atoms. The Hall–Kier alpha value is -2.18. The highest BCUT2D eigenvalue weighted by Gasteiger charge is 2.33. The number of aromatic nitrogens is 1. The number of phenolic OH excluding ortho intramolecular Hbond substituents is 1. The summed E-state index contributed by atoms with van der Waals surface area (Å²) in [7, 11) is 0. The average molecular weight is 328 g/mol. The second-order valence-electron chi connectivity index (χ2n) is 6.31. The Bertz CT molecular complexity index is 758. The molecule has 0 radical (unpaired) electrons. The number of morpholine rings is 1. The summed E-state index contributed by atoms with van der Waals surface area (Å²) in [6.07, 6.45) is 3.67. The number of benzene rings is 1. The van der Waals surface area contributed by atoms with Gasteiger partial charge >= 0.3 is 0 Å². The van der Waals surface area contributed by atoms with E-state index in [0.29, 0.717) is 30.8 Å². The van der Waals surface area contributed by atoms with Crippen LogP contribution in [0.3, 0.4) is 0 Å². The number of fused-ring (bicyclic) bond motifs is 1. The minimum Gasteiger partial charge on any atom is -0.508 e. The number of carbonyl (C=O) groups is 1. The Morgan fingerprint density at radius 1 is 1.21 bits per heavy atom. The lowest BCUT2D eigenvalue weighted by molar-refractivity contribution is -0.0868. The molecular weight excluding hydrogens is 308 g/mol. The summed E-state index contributed by atoms with van der Waals surface area (Å²) >= 11 is 0. The van der Waals surface area contributed by atoms with Crippen molar-refractivity contribution in [3.63, 3.8) is 0 Å². The van der Waals surface area contributed by atoms with E-state index in [1.165, 1.54) is 0 Å². The molecule has 1 amide bonds. The molecule has 2 fully saturated rings. The summed E-state index contributed by atoms with van der Waals surface area (Å²) in [6, 6.07) is 6.77. The summed E-state index contributed by atoms with van der Waals surface area (Å²) in [4.78, 5) is 18.9. The van der Waals surface area contributed by atoms with Crippen molar-refractivity contribution in [2.75, 3.05) is 26.3 Å². The van der Waals surface area contributed by atoms with E-state index in [1.54, 1.807) is 24.4 Å². The summed E-state index contributed by atoms with van der Waals surface area (Å²) in [5.74, 6) is 0.130. The van der Waals surface area contributed by atoms with E-state index >= 15 is 0 Å². The molecule has 2 aliphatic heterocycles. The van der Waals surface area contributed by atoms with E-state index < -0.39 is 0 Å². The van der Waals surface area contributed by atoms with Gasteiger partial charge in [0.2, 0.25) is 0 Å². The zero-order chi connectivity index (χ0) is 16.5. The van der Waals surface area contributed by atoms with Crippen LogP contribution in [0.5, 0.6) is 5.75 Å². The third-order valence-corrected chi connectivity index (χ3v) is 4.67. The summed E-state index contributed by atoms with van der Waals surface area (Å²) in [5.41, 5.74) is 1.23. The molecule has 3 heterocycles. The highest BCUT2D eigenvalue weighted by molar-refractivity contribution is 5.97. The fraction of sp³-hybridized carbons (Fsp3) is 0.444. The van der Waals surface area contributed by atoms with E-state index in [-0.39, 0.29) is 23.9 Å². The fourth-order valence-electron chi connectivity index (χ4n) is 3.39. The first-order chi connectivity index (χ1) is 11.7. The van der Waals surface area contributed by atoms with Crippen LogP contribution in [-0.4, -0.2) is 59.4 Å². The van der Waals surface area contributed by atoms with Crippen LogP contribution in [0.4, 0.5) is 0 Å². The smallest absolute Gasteiger partial charge is 0.255 e. The largest absolute Gasteiger partial charge is 0.508 e. The minimum absolute atomic E-state index is 0.0382. The first kappa shape index (κ1) is 15.4. The molecule has 6 nitrogen and oxygen atoms in total.